The molecule has 0 atom stereocenters. The van der Waals surface area contributed by atoms with Gasteiger partial charge in [-0.3, -0.25) is 4.79 Å². The van der Waals surface area contributed by atoms with E-state index in [9.17, 15) is 4.79 Å². The molecule has 27 heavy (non-hydrogen) atoms. The Hall–Kier alpha value is -3.13. The first-order valence-corrected chi connectivity index (χ1v) is 8.93. The molecule has 2 aromatic carbocycles. The van der Waals surface area contributed by atoms with Crippen LogP contribution in [0.4, 0.5) is 11.6 Å². The molecule has 1 heterocycles. The lowest BCUT2D eigenvalue weighted by molar-refractivity contribution is -0.118. The number of ether oxygens (including phenoxy) is 1. The lowest BCUT2D eigenvalue weighted by atomic mass is 10.2. The molecule has 3 N–H and O–H groups in total. The number of benzene rings is 2. The van der Waals surface area contributed by atoms with E-state index in [0.29, 0.717) is 17.3 Å². The summed E-state index contributed by atoms with van der Waals surface area (Å²) in [5.74, 6) is 0.575. The number of nitrogens with two attached hydrogens (primary N) is 1. The molecular weight excluding hydrogens is 410 g/mol. The fourth-order valence-corrected chi connectivity index (χ4v) is 2.71. The molecule has 0 aliphatic heterocycles. The number of nitrogens with one attached hydrogen (secondary N) is 1. The van der Waals surface area contributed by atoms with Gasteiger partial charge >= 0.3 is 0 Å². The van der Waals surface area contributed by atoms with Gasteiger partial charge in [0.05, 0.1) is 18.1 Å². The Morgan fingerprint density at radius 1 is 1.33 bits per heavy atom. The standard InChI is InChI=1S/C19H18BrN5O2/c1-13-11-25(19(21)23-13)22-10-14-9-15(20)7-8-17(14)27-12-18(26)24-16-5-3-2-4-6-16/h2-11H,12H2,1H3,(H2,21,23)(H,24,26). The molecule has 0 saturated heterocycles. The summed E-state index contributed by atoms with van der Waals surface area (Å²) in [5.41, 5.74) is 7.98. The average molecular weight is 428 g/mol. The quantitative estimate of drug-likeness (QED) is 0.589. The number of anilines is 2. The van der Waals surface area contributed by atoms with E-state index in [4.69, 9.17) is 10.5 Å². The van der Waals surface area contributed by atoms with Crippen molar-refractivity contribution in [3.05, 3.63) is 70.5 Å². The Bertz CT molecular complexity index is 969. The zero-order valence-electron chi connectivity index (χ0n) is 14.6. The molecule has 138 valence electrons. The van der Waals surface area contributed by atoms with E-state index in [1.165, 1.54) is 4.68 Å². The van der Waals surface area contributed by atoms with Crippen molar-refractivity contribution >= 4 is 39.7 Å². The summed E-state index contributed by atoms with van der Waals surface area (Å²) < 4.78 is 8.01. The normalized spacial score (nSPS) is 10.9. The molecule has 1 amide bonds. The van der Waals surface area contributed by atoms with Gasteiger partial charge in [-0.05, 0) is 37.3 Å². The summed E-state index contributed by atoms with van der Waals surface area (Å²) in [7, 11) is 0. The van der Waals surface area contributed by atoms with Crippen LogP contribution in [-0.2, 0) is 4.79 Å². The smallest absolute Gasteiger partial charge is 0.262 e. The maximum Gasteiger partial charge on any atom is 0.262 e. The fourth-order valence-electron chi connectivity index (χ4n) is 2.33. The second-order valence-electron chi connectivity index (χ2n) is 5.71. The highest BCUT2D eigenvalue weighted by Crippen LogP contribution is 2.22. The summed E-state index contributed by atoms with van der Waals surface area (Å²) in [6.45, 7) is 1.71. The highest BCUT2D eigenvalue weighted by molar-refractivity contribution is 9.10. The summed E-state index contributed by atoms with van der Waals surface area (Å²) in [5, 5.41) is 7.07. The van der Waals surface area contributed by atoms with Crippen molar-refractivity contribution in [2.24, 2.45) is 5.10 Å². The van der Waals surface area contributed by atoms with Crippen molar-refractivity contribution in [3.63, 3.8) is 0 Å². The number of imidazole rings is 1. The molecule has 0 radical (unpaired) electrons. The van der Waals surface area contributed by atoms with Crippen LogP contribution in [0.15, 0.2) is 64.3 Å². The second-order valence-corrected chi connectivity index (χ2v) is 6.63. The van der Waals surface area contributed by atoms with Crippen LogP contribution in [0.2, 0.25) is 0 Å². The molecule has 3 aromatic rings. The Morgan fingerprint density at radius 2 is 2.11 bits per heavy atom. The SMILES string of the molecule is Cc1cn(N=Cc2cc(Br)ccc2OCC(=O)Nc2ccccc2)c(N)n1. The van der Waals surface area contributed by atoms with Gasteiger partial charge in [-0.15, -0.1) is 0 Å². The predicted molar refractivity (Wildman–Crippen MR) is 109 cm³/mol. The Labute approximate surface area is 165 Å². The van der Waals surface area contributed by atoms with E-state index in [0.717, 1.165) is 15.9 Å². The van der Waals surface area contributed by atoms with Crippen molar-refractivity contribution < 1.29 is 9.53 Å². The molecule has 8 heteroatoms. The third-order valence-electron chi connectivity index (χ3n) is 3.54. The minimum absolute atomic E-state index is 0.121. The van der Waals surface area contributed by atoms with Gasteiger partial charge in [-0.25, -0.2) is 9.66 Å². The van der Waals surface area contributed by atoms with E-state index < -0.39 is 0 Å². The van der Waals surface area contributed by atoms with Gasteiger partial charge in [0.1, 0.15) is 5.75 Å². The monoisotopic (exact) mass is 427 g/mol. The fraction of sp³-hybridized carbons (Fsp3) is 0.105. The number of para-hydroxylation sites is 1. The van der Waals surface area contributed by atoms with Crippen LogP contribution >= 0.6 is 15.9 Å². The summed E-state index contributed by atoms with van der Waals surface area (Å²) >= 11 is 3.43. The number of carbonyl (C=O) groups is 1. The van der Waals surface area contributed by atoms with Gasteiger partial charge in [0.2, 0.25) is 5.95 Å². The van der Waals surface area contributed by atoms with Gasteiger partial charge in [0.15, 0.2) is 6.61 Å². The highest BCUT2D eigenvalue weighted by Gasteiger charge is 2.08. The van der Waals surface area contributed by atoms with E-state index in [-0.39, 0.29) is 12.5 Å². The average Bonchev–Trinajstić information content (AvgIpc) is 2.97. The van der Waals surface area contributed by atoms with Crippen molar-refractivity contribution in [2.45, 2.75) is 6.92 Å². The maximum absolute atomic E-state index is 12.1. The molecule has 0 spiro atoms. The molecule has 0 fully saturated rings. The number of hydrogen-bond acceptors (Lipinski definition) is 5. The molecule has 7 nitrogen and oxygen atoms in total. The zero-order chi connectivity index (χ0) is 19.2. The van der Waals surface area contributed by atoms with Crippen LogP contribution in [0.5, 0.6) is 5.75 Å². The first kappa shape index (κ1) is 18.7. The number of hydrogen-bond donors (Lipinski definition) is 2. The van der Waals surface area contributed by atoms with E-state index in [2.05, 4.69) is 31.3 Å². The van der Waals surface area contributed by atoms with E-state index in [1.807, 2.05) is 49.4 Å². The van der Waals surface area contributed by atoms with Crippen LogP contribution in [0.3, 0.4) is 0 Å². The number of aromatic nitrogens is 2. The van der Waals surface area contributed by atoms with Gasteiger partial charge in [0, 0.05) is 15.7 Å². The zero-order valence-corrected chi connectivity index (χ0v) is 16.2. The van der Waals surface area contributed by atoms with E-state index in [1.54, 1.807) is 18.5 Å². The number of carbonyl (C=O) groups excluding carboxylic acids is 1. The maximum atomic E-state index is 12.1. The second kappa shape index (κ2) is 8.50. The minimum atomic E-state index is -0.249. The molecule has 0 aliphatic rings. The third kappa shape index (κ3) is 5.18. The lowest BCUT2D eigenvalue weighted by Crippen LogP contribution is -2.20. The topological polar surface area (TPSA) is 94.5 Å². The number of aryl methyl sites for hydroxylation is 1. The van der Waals surface area contributed by atoms with Crippen LogP contribution in [0.25, 0.3) is 0 Å². The lowest BCUT2D eigenvalue weighted by Gasteiger charge is -2.10. The minimum Gasteiger partial charge on any atom is -0.483 e. The van der Waals surface area contributed by atoms with Crippen LogP contribution < -0.4 is 15.8 Å². The van der Waals surface area contributed by atoms with Crippen LogP contribution in [-0.4, -0.2) is 28.4 Å². The van der Waals surface area contributed by atoms with Crippen LogP contribution in [0, 0.1) is 6.92 Å². The van der Waals surface area contributed by atoms with Crippen molar-refractivity contribution in [2.75, 3.05) is 17.7 Å². The number of nitrogen functional groups attached to an aromatic ring is 1. The number of amides is 1. The number of halogens is 1. The largest absolute Gasteiger partial charge is 0.483 e. The van der Waals surface area contributed by atoms with Gasteiger partial charge < -0.3 is 15.8 Å². The van der Waals surface area contributed by atoms with Gasteiger partial charge in [0.25, 0.3) is 5.91 Å². The molecule has 0 bridgehead atoms. The molecular formula is C19H18BrN5O2. The van der Waals surface area contributed by atoms with Crippen molar-refractivity contribution in [1.82, 2.24) is 9.66 Å². The highest BCUT2D eigenvalue weighted by atomic mass is 79.9. The Morgan fingerprint density at radius 3 is 2.81 bits per heavy atom. The number of nitrogens with zero attached hydrogens (tertiary/aromatic N) is 3. The summed E-state index contributed by atoms with van der Waals surface area (Å²) in [6, 6.07) is 14.6. The number of rotatable bonds is 6. The molecule has 0 saturated carbocycles. The summed E-state index contributed by atoms with van der Waals surface area (Å²) in [4.78, 5) is 16.2. The van der Waals surface area contributed by atoms with Gasteiger partial charge in [-0.2, -0.15) is 5.10 Å². The Balaban J connectivity index is 1.70. The molecule has 3 rings (SSSR count). The predicted octanol–water partition coefficient (Wildman–Crippen LogP) is 3.44. The van der Waals surface area contributed by atoms with Gasteiger partial charge in [-0.1, -0.05) is 34.1 Å². The Kier molecular flexibility index (Phi) is 5.87. The third-order valence-corrected chi connectivity index (χ3v) is 4.04. The first-order valence-electron chi connectivity index (χ1n) is 8.14. The molecule has 0 aliphatic carbocycles. The first-order chi connectivity index (χ1) is 13.0. The van der Waals surface area contributed by atoms with Crippen molar-refractivity contribution in [3.8, 4) is 5.75 Å². The molecule has 1 aromatic heterocycles. The summed E-state index contributed by atoms with van der Waals surface area (Å²) in [6.07, 6.45) is 3.32. The van der Waals surface area contributed by atoms with Crippen molar-refractivity contribution in [1.29, 1.82) is 0 Å². The van der Waals surface area contributed by atoms with Crippen LogP contribution in [0.1, 0.15) is 11.3 Å². The van der Waals surface area contributed by atoms with E-state index >= 15 is 0 Å². The molecule has 0 unspecified atom stereocenters.